The fourth-order valence-electron chi connectivity index (χ4n) is 4.97. The molecule has 4 aliphatic carbocycles. The number of methoxy groups -OCH3 is 1. The van der Waals surface area contributed by atoms with Crippen LogP contribution in [0.5, 0.6) is 0 Å². The van der Waals surface area contributed by atoms with E-state index in [1.165, 1.54) is 26.4 Å². The Hall–Kier alpha value is -0.330. The van der Waals surface area contributed by atoms with Gasteiger partial charge in [-0.1, -0.05) is 22.6 Å². The summed E-state index contributed by atoms with van der Waals surface area (Å²) in [7, 11) is 1.38. The summed E-state index contributed by atoms with van der Waals surface area (Å²) in [6.45, 7) is 0.383. The Morgan fingerprint density at radius 2 is 1.70 bits per heavy atom. The number of halogens is 1. The van der Waals surface area contributed by atoms with Gasteiger partial charge in [0.2, 0.25) is 5.91 Å². The van der Waals surface area contributed by atoms with Gasteiger partial charge < -0.3 is 10.1 Å². The minimum Gasteiger partial charge on any atom is -0.468 e. The molecule has 0 heterocycles. The van der Waals surface area contributed by atoms with Crippen LogP contribution in [0.25, 0.3) is 0 Å². The van der Waals surface area contributed by atoms with Gasteiger partial charge in [-0.2, -0.15) is 0 Å². The van der Waals surface area contributed by atoms with Gasteiger partial charge in [-0.15, -0.1) is 0 Å². The van der Waals surface area contributed by atoms with Gasteiger partial charge in [-0.05, 0) is 56.3 Å². The number of ether oxygens (including phenoxy) is 1. The number of rotatable bonds is 4. The number of amides is 1. The average Bonchev–Trinajstić information content (AvgIpc) is 2.41. The molecule has 1 unspecified atom stereocenters. The topological polar surface area (TPSA) is 55.4 Å². The maximum atomic E-state index is 12.6. The molecule has 4 nitrogen and oxygen atoms in total. The highest BCUT2D eigenvalue weighted by Gasteiger charge is 2.54. The van der Waals surface area contributed by atoms with Crippen molar-refractivity contribution >= 4 is 34.5 Å². The number of esters is 1. The third kappa shape index (κ3) is 2.57. The monoisotopic (exact) mass is 391 g/mol. The predicted octanol–water partition coefficient (Wildman–Crippen LogP) is 2.30. The highest BCUT2D eigenvalue weighted by molar-refractivity contribution is 14.1. The molecule has 0 radical (unpaired) electrons. The molecule has 1 N–H and O–H groups in total. The Morgan fingerprint density at radius 1 is 1.20 bits per heavy atom. The fourth-order valence-corrected chi connectivity index (χ4v) is 5.44. The molecule has 0 saturated heterocycles. The second kappa shape index (κ2) is 5.46. The average molecular weight is 391 g/mol. The Balaban J connectivity index is 1.61. The van der Waals surface area contributed by atoms with Crippen LogP contribution in [-0.4, -0.2) is 29.5 Å². The van der Waals surface area contributed by atoms with Crippen LogP contribution in [0, 0.1) is 23.2 Å². The van der Waals surface area contributed by atoms with E-state index in [-0.39, 0.29) is 21.2 Å². The number of hydrogen-bond donors (Lipinski definition) is 1. The SMILES string of the molecule is COC(=O)C(I)CNC(=O)C12CC3CC(CC(C3)C1)C2. The number of alkyl halides is 1. The Bertz CT molecular complexity index is 388. The third-order valence-electron chi connectivity index (χ3n) is 5.42. The fraction of sp³-hybridized carbons (Fsp3) is 0.867. The van der Waals surface area contributed by atoms with Crippen molar-refractivity contribution in [1.82, 2.24) is 5.32 Å². The van der Waals surface area contributed by atoms with Crippen LogP contribution in [0.2, 0.25) is 0 Å². The summed E-state index contributed by atoms with van der Waals surface area (Å²) >= 11 is 2.03. The zero-order chi connectivity index (χ0) is 14.3. The van der Waals surface area contributed by atoms with E-state index in [1.807, 2.05) is 22.6 Å². The summed E-state index contributed by atoms with van der Waals surface area (Å²) in [5.74, 6) is 2.22. The summed E-state index contributed by atoms with van der Waals surface area (Å²) < 4.78 is 4.40. The van der Waals surface area contributed by atoms with Crippen LogP contribution in [0.15, 0.2) is 0 Å². The first-order valence-corrected chi connectivity index (χ1v) is 8.77. The lowest BCUT2D eigenvalue weighted by molar-refractivity contribution is -0.146. The summed E-state index contributed by atoms with van der Waals surface area (Å²) in [5, 5.41) is 3.01. The van der Waals surface area contributed by atoms with Gasteiger partial charge in [0.15, 0.2) is 0 Å². The van der Waals surface area contributed by atoms with Crippen LogP contribution in [0.4, 0.5) is 0 Å². The van der Waals surface area contributed by atoms with Gasteiger partial charge in [-0.3, -0.25) is 9.59 Å². The van der Waals surface area contributed by atoms with Crippen molar-refractivity contribution in [2.75, 3.05) is 13.7 Å². The molecule has 0 aromatic rings. The number of carbonyl (C=O) groups excluding carboxylic acids is 2. The number of hydrogen-bond acceptors (Lipinski definition) is 3. The molecule has 5 heteroatoms. The molecule has 4 bridgehead atoms. The van der Waals surface area contributed by atoms with E-state index in [0.29, 0.717) is 6.54 Å². The van der Waals surface area contributed by atoms with Crippen molar-refractivity contribution in [3.8, 4) is 0 Å². The zero-order valence-electron chi connectivity index (χ0n) is 11.9. The number of carbonyl (C=O) groups is 2. The van der Waals surface area contributed by atoms with E-state index in [1.54, 1.807) is 0 Å². The first kappa shape index (κ1) is 14.6. The molecular formula is C15H22INO3. The Labute approximate surface area is 133 Å². The van der Waals surface area contributed by atoms with Crippen LogP contribution in [0.1, 0.15) is 38.5 Å². The highest BCUT2D eigenvalue weighted by Crippen LogP contribution is 2.60. The van der Waals surface area contributed by atoms with Gasteiger partial charge in [0.25, 0.3) is 0 Å². The van der Waals surface area contributed by atoms with E-state index in [9.17, 15) is 9.59 Å². The molecule has 4 aliphatic rings. The van der Waals surface area contributed by atoms with Crippen molar-refractivity contribution < 1.29 is 14.3 Å². The molecule has 4 fully saturated rings. The van der Waals surface area contributed by atoms with Crippen LogP contribution in [0.3, 0.4) is 0 Å². The molecular weight excluding hydrogens is 369 g/mol. The third-order valence-corrected chi connectivity index (χ3v) is 6.37. The van der Waals surface area contributed by atoms with Gasteiger partial charge >= 0.3 is 5.97 Å². The first-order valence-electron chi connectivity index (χ1n) is 7.52. The largest absolute Gasteiger partial charge is 0.468 e. The van der Waals surface area contributed by atoms with Crippen molar-refractivity contribution in [3.63, 3.8) is 0 Å². The standard InChI is InChI=1S/C15H22INO3/c1-20-13(18)12(16)8-17-14(19)15-5-9-2-10(6-15)4-11(3-9)7-15/h9-12H,2-8H2,1H3,(H,17,19). The molecule has 0 spiro atoms. The quantitative estimate of drug-likeness (QED) is 0.455. The lowest BCUT2D eigenvalue weighted by Gasteiger charge is -2.55. The molecule has 112 valence electrons. The maximum Gasteiger partial charge on any atom is 0.320 e. The van der Waals surface area contributed by atoms with Gasteiger partial charge in [0.05, 0.1) is 7.11 Å². The van der Waals surface area contributed by atoms with E-state index in [4.69, 9.17) is 4.74 Å². The Morgan fingerprint density at radius 3 is 2.15 bits per heavy atom. The zero-order valence-corrected chi connectivity index (χ0v) is 14.0. The molecule has 1 atom stereocenters. The second-order valence-electron chi connectivity index (χ2n) is 6.90. The van der Waals surface area contributed by atoms with Gasteiger partial charge in [0.1, 0.15) is 3.92 Å². The van der Waals surface area contributed by atoms with Crippen LogP contribution < -0.4 is 5.32 Å². The highest BCUT2D eigenvalue weighted by atomic mass is 127. The van der Waals surface area contributed by atoms with Crippen molar-refractivity contribution in [2.24, 2.45) is 23.2 Å². The molecule has 0 aromatic carbocycles. The minimum atomic E-state index is -0.296. The van der Waals surface area contributed by atoms with Crippen molar-refractivity contribution in [2.45, 2.75) is 42.4 Å². The first-order chi connectivity index (χ1) is 9.52. The van der Waals surface area contributed by atoms with Crippen molar-refractivity contribution in [1.29, 1.82) is 0 Å². The van der Waals surface area contributed by atoms with Crippen LogP contribution in [-0.2, 0) is 14.3 Å². The molecule has 4 saturated carbocycles. The van der Waals surface area contributed by atoms with E-state index < -0.39 is 0 Å². The second-order valence-corrected chi connectivity index (χ2v) is 8.40. The normalized spacial score (nSPS) is 39.4. The smallest absolute Gasteiger partial charge is 0.320 e. The summed E-state index contributed by atoms with van der Waals surface area (Å²) in [6.07, 6.45) is 7.20. The summed E-state index contributed by atoms with van der Waals surface area (Å²) in [5.41, 5.74) is -0.124. The predicted molar refractivity (Wildman–Crippen MR) is 83.4 cm³/mol. The van der Waals surface area contributed by atoms with E-state index in [0.717, 1.165) is 37.0 Å². The minimum absolute atomic E-state index is 0.124. The van der Waals surface area contributed by atoms with Gasteiger partial charge in [0, 0.05) is 12.0 Å². The lowest BCUT2D eigenvalue weighted by atomic mass is 9.49. The Kier molecular flexibility index (Phi) is 3.99. The van der Waals surface area contributed by atoms with Gasteiger partial charge in [-0.25, -0.2) is 0 Å². The maximum absolute atomic E-state index is 12.6. The molecule has 20 heavy (non-hydrogen) atoms. The van der Waals surface area contributed by atoms with E-state index in [2.05, 4.69) is 5.32 Å². The summed E-state index contributed by atoms with van der Waals surface area (Å²) in [6, 6.07) is 0. The number of nitrogens with one attached hydrogen (secondary N) is 1. The molecule has 0 aliphatic heterocycles. The lowest BCUT2D eigenvalue weighted by Crippen LogP contribution is -2.54. The molecule has 4 rings (SSSR count). The molecule has 1 amide bonds. The molecule has 0 aromatic heterocycles. The van der Waals surface area contributed by atoms with E-state index >= 15 is 0 Å². The van der Waals surface area contributed by atoms with Crippen molar-refractivity contribution in [3.05, 3.63) is 0 Å². The van der Waals surface area contributed by atoms with Crippen LogP contribution >= 0.6 is 22.6 Å². The summed E-state index contributed by atoms with van der Waals surface area (Å²) in [4.78, 5) is 24.0.